The lowest BCUT2D eigenvalue weighted by Crippen LogP contribution is -2.37. The Labute approximate surface area is 130 Å². The first-order chi connectivity index (χ1) is 10.4. The maximum Gasteiger partial charge on any atom is 0.242 e. The second kappa shape index (κ2) is 7.11. The molecule has 0 unspecified atom stereocenters. The van der Waals surface area contributed by atoms with Crippen LogP contribution in [0.3, 0.4) is 0 Å². The van der Waals surface area contributed by atoms with E-state index in [1.807, 2.05) is 0 Å². The van der Waals surface area contributed by atoms with Crippen molar-refractivity contribution < 1.29 is 22.7 Å². The summed E-state index contributed by atoms with van der Waals surface area (Å²) in [6, 6.07) is 6.87. The summed E-state index contributed by atoms with van der Waals surface area (Å²) in [6.45, 7) is 1.98. The van der Waals surface area contributed by atoms with E-state index >= 15 is 0 Å². The van der Waals surface area contributed by atoms with Gasteiger partial charge in [0.05, 0.1) is 24.7 Å². The highest BCUT2D eigenvalue weighted by molar-refractivity contribution is 7.92. The summed E-state index contributed by atoms with van der Waals surface area (Å²) in [6.07, 6.45) is 1.29. The number of benzene rings is 1. The molecular weight excluding hydrogens is 306 g/mol. The second-order valence-corrected chi connectivity index (χ2v) is 7.66. The molecule has 1 heterocycles. The first-order valence-corrected chi connectivity index (χ1v) is 8.92. The predicted molar refractivity (Wildman–Crippen MR) is 83.8 cm³/mol. The fourth-order valence-electron chi connectivity index (χ4n) is 2.32. The van der Waals surface area contributed by atoms with Crippen molar-refractivity contribution in [2.24, 2.45) is 0 Å². The van der Waals surface area contributed by atoms with Crippen LogP contribution in [-0.2, 0) is 19.4 Å². The van der Waals surface area contributed by atoms with Gasteiger partial charge in [-0.25, -0.2) is 8.42 Å². The number of ether oxygens (including phenoxy) is 2. The van der Waals surface area contributed by atoms with E-state index in [1.165, 1.54) is 14.0 Å². The molecule has 1 saturated heterocycles. The molecule has 0 aliphatic carbocycles. The van der Waals surface area contributed by atoms with E-state index < -0.39 is 21.0 Å². The average molecular weight is 327 g/mol. The molecule has 122 valence electrons. The van der Waals surface area contributed by atoms with E-state index in [1.54, 1.807) is 24.3 Å². The molecule has 1 aliphatic rings. The Morgan fingerprint density at radius 3 is 2.82 bits per heavy atom. The maximum absolute atomic E-state index is 12.3. The zero-order valence-electron chi connectivity index (χ0n) is 12.7. The minimum Gasteiger partial charge on any atom is -0.495 e. The lowest BCUT2D eigenvalue weighted by molar-refractivity contribution is -0.115. The Kier molecular flexibility index (Phi) is 5.42. The number of hydrogen-bond donors (Lipinski definition) is 1. The van der Waals surface area contributed by atoms with Gasteiger partial charge in [-0.1, -0.05) is 12.1 Å². The fourth-order valence-corrected chi connectivity index (χ4v) is 3.78. The number of hydrogen-bond acceptors (Lipinski definition) is 5. The van der Waals surface area contributed by atoms with Crippen molar-refractivity contribution in [3.8, 4) is 5.75 Å². The van der Waals surface area contributed by atoms with Crippen LogP contribution < -0.4 is 10.1 Å². The second-order valence-electron chi connectivity index (χ2n) is 5.30. The van der Waals surface area contributed by atoms with Crippen LogP contribution in [0.2, 0.25) is 0 Å². The molecule has 2 rings (SSSR count). The SMILES string of the molecule is COc1ccccc1NC(=O)[C@@H](C)S(=O)(=O)C[C@H]1CCCO1. The van der Waals surface area contributed by atoms with Gasteiger partial charge < -0.3 is 14.8 Å². The van der Waals surface area contributed by atoms with Crippen molar-refractivity contribution in [1.82, 2.24) is 0 Å². The third-order valence-electron chi connectivity index (χ3n) is 3.71. The summed E-state index contributed by atoms with van der Waals surface area (Å²) in [4.78, 5) is 12.2. The van der Waals surface area contributed by atoms with E-state index in [-0.39, 0.29) is 11.9 Å². The predicted octanol–water partition coefficient (Wildman–Crippen LogP) is 1.62. The summed E-state index contributed by atoms with van der Waals surface area (Å²) in [5.41, 5.74) is 0.453. The fraction of sp³-hybridized carbons (Fsp3) is 0.533. The number of sulfone groups is 1. The minimum atomic E-state index is -3.56. The van der Waals surface area contributed by atoms with Gasteiger partial charge in [0, 0.05) is 6.61 Å². The zero-order valence-corrected chi connectivity index (χ0v) is 13.6. The molecule has 0 spiro atoms. The summed E-state index contributed by atoms with van der Waals surface area (Å²) in [5, 5.41) is 1.47. The number of rotatable bonds is 6. The van der Waals surface area contributed by atoms with Gasteiger partial charge in [-0.2, -0.15) is 0 Å². The van der Waals surface area contributed by atoms with Crippen molar-refractivity contribution in [3.05, 3.63) is 24.3 Å². The highest BCUT2D eigenvalue weighted by Crippen LogP contribution is 2.24. The van der Waals surface area contributed by atoms with Gasteiger partial charge in [-0.05, 0) is 31.9 Å². The number of methoxy groups -OCH3 is 1. The quantitative estimate of drug-likeness (QED) is 0.858. The van der Waals surface area contributed by atoms with Crippen LogP contribution >= 0.6 is 0 Å². The smallest absolute Gasteiger partial charge is 0.242 e. The van der Waals surface area contributed by atoms with Crippen molar-refractivity contribution >= 4 is 21.4 Å². The van der Waals surface area contributed by atoms with Crippen molar-refractivity contribution in [3.63, 3.8) is 0 Å². The summed E-state index contributed by atoms with van der Waals surface area (Å²) in [5.74, 6) is -0.199. The number of para-hydroxylation sites is 2. The number of carbonyl (C=O) groups is 1. The van der Waals surface area contributed by atoms with Gasteiger partial charge in [0.25, 0.3) is 0 Å². The Bertz CT molecular complexity index is 623. The third-order valence-corrected chi connectivity index (χ3v) is 5.84. The molecule has 7 heteroatoms. The molecule has 22 heavy (non-hydrogen) atoms. The van der Waals surface area contributed by atoms with Crippen LogP contribution in [0.1, 0.15) is 19.8 Å². The highest BCUT2D eigenvalue weighted by atomic mass is 32.2. The summed E-state index contributed by atoms with van der Waals surface area (Å²) >= 11 is 0. The monoisotopic (exact) mass is 327 g/mol. The van der Waals surface area contributed by atoms with Crippen LogP contribution in [0.25, 0.3) is 0 Å². The van der Waals surface area contributed by atoms with Crippen LogP contribution in [0.5, 0.6) is 5.75 Å². The normalized spacial score (nSPS) is 19.6. The molecule has 6 nitrogen and oxygen atoms in total. The van der Waals surface area contributed by atoms with Crippen LogP contribution in [0, 0.1) is 0 Å². The van der Waals surface area contributed by atoms with Crippen LogP contribution in [-0.4, -0.2) is 45.1 Å². The van der Waals surface area contributed by atoms with Crippen molar-refractivity contribution in [1.29, 1.82) is 0 Å². The zero-order chi connectivity index (χ0) is 16.2. The lowest BCUT2D eigenvalue weighted by Gasteiger charge is -2.17. The number of anilines is 1. The van der Waals surface area contributed by atoms with Gasteiger partial charge in [0.2, 0.25) is 5.91 Å². The van der Waals surface area contributed by atoms with Gasteiger partial charge in [-0.3, -0.25) is 4.79 Å². The standard InChI is InChI=1S/C15H21NO5S/c1-11(22(18,19)10-12-6-5-9-21-12)15(17)16-13-7-3-4-8-14(13)20-2/h3-4,7-8,11-12H,5-6,9-10H2,1-2H3,(H,16,17)/t11-,12-/m1/s1. The van der Waals surface area contributed by atoms with Crippen molar-refractivity contribution in [2.75, 3.05) is 24.8 Å². The largest absolute Gasteiger partial charge is 0.495 e. The Balaban J connectivity index is 2.04. The molecule has 0 bridgehead atoms. The Morgan fingerprint density at radius 2 is 2.18 bits per heavy atom. The van der Waals surface area contributed by atoms with E-state index in [4.69, 9.17) is 9.47 Å². The maximum atomic E-state index is 12.3. The van der Waals surface area contributed by atoms with Crippen LogP contribution in [0.4, 0.5) is 5.69 Å². The molecule has 1 aliphatic heterocycles. The molecule has 1 N–H and O–H groups in total. The average Bonchev–Trinajstić information content (AvgIpc) is 2.99. The molecule has 1 aromatic carbocycles. The molecule has 0 saturated carbocycles. The van der Waals surface area contributed by atoms with Gasteiger partial charge >= 0.3 is 0 Å². The Morgan fingerprint density at radius 1 is 1.45 bits per heavy atom. The Hall–Kier alpha value is -1.60. The molecule has 0 aromatic heterocycles. The van der Waals surface area contributed by atoms with E-state index in [0.717, 1.165) is 12.8 Å². The van der Waals surface area contributed by atoms with E-state index in [0.29, 0.717) is 18.0 Å². The summed E-state index contributed by atoms with van der Waals surface area (Å²) < 4.78 is 35.1. The molecule has 1 amide bonds. The number of carbonyl (C=O) groups excluding carboxylic acids is 1. The molecule has 2 atom stereocenters. The topological polar surface area (TPSA) is 81.7 Å². The van der Waals surface area contributed by atoms with Gasteiger partial charge in [-0.15, -0.1) is 0 Å². The first kappa shape index (κ1) is 16.8. The van der Waals surface area contributed by atoms with E-state index in [9.17, 15) is 13.2 Å². The first-order valence-electron chi connectivity index (χ1n) is 7.21. The van der Waals surface area contributed by atoms with E-state index in [2.05, 4.69) is 5.32 Å². The summed E-state index contributed by atoms with van der Waals surface area (Å²) in [7, 11) is -2.07. The highest BCUT2D eigenvalue weighted by Gasteiger charge is 2.32. The molecular formula is C15H21NO5S. The lowest BCUT2D eigenvalue weighted by atomic mass is 10.3. The number of amides is 1. The van der Waals surface area contributed by atoms with Gasteiger partial charge in [0.1, 0.15) is 11.0 Å². The minimum absolute atomic E-state index is 0.118. The molecule has 1 aromatic rings. The molecule has 0 radical (unpaired) electrons. The van der Waals surface area contributed by atoms with Crippen molar-refractivity contribution in [2.45, 2.75) is 31.1 Å². The molecule has 1 fully saturated rings. The van der Waals surface area contributed by atoms with Crippen LogP contribution in [0.15, 0.2) is 24.3 Å². The number of nitrogens with one attached hydrogen (secondary N) is 1. The third kappa shape index (κ3) is 3.98. The van der Waals surface area contributed by atoms with Gasteiger partial charge in [0.15, 0.2) is 9.84 Å².